The van der Waals surface area contributed by atoms with Gasteiger partial charge in [0.1, 0.15) is 5.82 Å². The Morgan fingerprint density at radius 2 is 1.90 bits per heavy atom. The minimum Gasteiger partial charge on any atom is -0.370 e. The monoisotopic (exact) mass is 343 g/mol. The fourth-order valence-corrected chi connectivity index (χ4v) is 2.30. The Bertz CT molecular complexity index is 677. The summed E-state index contributed by atoms with van der Waals surface area (Å²) in [7, 11) is 0. The second kappa shape index (κ2) is 6.98. The Hall–Kier alpha value is -1.49. The summed E-state index contributed by atoms with van der Waals surface area (Å²) < 4.78 is 0. The summed E-state index contributed by atoms with van der Waals surface area (Å²) in [5.41, 5.74) is 0.809. The van der Waals surface area contributed by atoms with E-state index >= 15 is 0 Å². The highest BCUT2D eigenvalue weighted by atomic mass is 35.5. The van der Waals surface area contributed by atoms with Gasteiger partial charge in [0.2, 0.25) is 0 Å². The maximum atomic E-state index is 12.3. The number of nitrogens with one attached hydrogen (secondary N) is 2. The minimum absolute atomic E-state index is 0.312. The number of aromatic nitrogens is 1. The van der Waals surface area contributed by atoms with E-state index in [1.807, 2.05) is 6.92 Å². The average Bonchev–Trinajstić information content (AvgIpc) is 2.45. The lowest BCUT2D eigenvalue weighted by atomic mass is 10.2. The molecule has 0 saturated carbocycles. The van der Waals surface area contributed by atoms with E-state index in [1.54, 1.807) is 18.3 Å². The van der Waals surface area contributed by atoms with Crippen LogP contribution in [0.5, 0.6) is 0 Å². The maximum Gasteiger partial charge on any atom is 0.259 e. The minimum atomic E-state index is -0.334. The van der Waals surface area contributed by atoms with Crippen LogP contribution in [-0.2, 0) is 0 Å². The molecular formula is C14H12Cl3N3O. The molecule has 2 N–H and O–H groups in total. The van der Waals surface area contributed by atoms with Crippen LogP contribution in [0.15, 0.2) is 30.5 Å². The van der Waals surface area contributed by atoms with Gasteiger partial charge >= 0.3 is 0 Å². The molecule has 1 aromatic carbocycles. The summed E-state index contributed by atoms with van der Waals surface area (Å²) in [6.45, 7) is 2.58. The molecule has 2 aromatic rings. The number of hydrogen-bond donors (Lipinski definition) is 2. The van der Waals surface area contributed by atoms with Gasteiger partial charge in [0.15, 0.2) is 0 Å². The summed E-state index contributed by atoms with van der Waals surface area (Å²) in [5.74, 6) is 0.174. The molecule has 0 aliphatic heterocycles. The van der Waals surface area contributed by atoms with E-state index in [9.17, 15) is 4.79 Å². The van der Waals surface area contributed by atoms with Gasteiger partial charge in [0, 0.05) is 12.7 Å². The van der Waals surface area contributed by atoms with Crippen LogP contribution < -0.4 is 10.6 Å². The van der Waals surface area contributed by atoms with Crippen molar-refractivity contribution in [2.75, 3.05) is 17.2 Å². The fraction of sp³-hybridized carbons (Fsp3) is 0.143. The van der Waals surface area contributed by atoms with Gasteiger partial charge in [-0.2, -0.15) is 0 Å². The van der Waals surface area contributed by atoms with Gasteiger partial charge in [0.25, 0.3) is 5.91 Å². The van der Waals surface area contributed by atoms with E-state index in [1.165, 1.54) is 12.1 Å². The first-order valence-corrected chi connectivity index (χ1v) is 7.31. The molecule has 0 unspecified atom stereocenters. The molecule has 0 aliphatic carbocycles. The smallest absolute Gasteiger partial charge is 0.259 e. The predicted molar refractivity (Wildman–Crippen MR) is 87.8 cm³/mol. The molecule has 21 heavy (non-hydrogen) atoms. The molecule has 0 aliphatic rings. The van der Waals surface area contributed by atoms with E-state index in [-0.39, 0.29) is 5.91 Å². The summed E-state index contributed by atoms with van der Waals surface area (Å²) >= 11 is 17.8. The summed E-state index contributed by atoms with van der Waals surface area (Å²) in [6, 6.07) is 6.35. The average molecular weight is 345 g/mol. The highest BCUT2D eigenvalue weighted by molar-refractivity contribution is 6.44. The fourth-order valence-electron chi connectivity index (χ4n) is 1.70. The summed E-state index contributed by atoms with van der Waals surface area (Å²) in [5, 5.41) is 6.68. The van der Waals surface area contributed by atoms with E-state index in [2.05, 4.69) is 15.6 Å². The van der Waals surface area contributed by atoms with E-state index in [4.69, 9.17) is 34.8 Å². The van der Waals surface area contributed by atoms with Crippen molar-refractivity contribution in [1.82, 2.24) is 4.98 Å². The molecule has 0 bridgehead atoms. The number of rotatable bonds is 4. The quantitative estimate of drug-likeness (QED) is 0.789. The molecule has 110 valence electrons. The topological polar surface area (TPSA) is 54.0 Å². The lowest BCUT2D eigenvalue weighted by molar-refractivity contribution is 0.102. The van der Waals surface area contributed by atoms with Gasteiger partial charge in [-0.3, -0.25) is 4.79 Å². The number of anilines is 2. The van der Waals surface area contributed by atoms with Crippen molar-refractivity contribution in [3.05, 3.63) is 51.1 Å². The second-order valence-electron chi connectivity index (χ2n) is 4.13. The first-order valence-electron chi connectivity index (χ1n) is 6.17. The Kier molecular flexibility index (Phi) is 5.28. The molecular weight excluding hydrogens is 333 g/mol. The third-order valence-corrected chi connectivity index (χ3v) is 3.69. The SMILES string of the molecule is CCNc1ncccc1C(=O)Nc1cc(Cl)c(Cl)cc1Cl. The molecule has 0 radical (unpaired) electrons. The number of benzene rings is 1. The summed E-state index contributed by atoms with van der Waals surface area (Å²) in [4.78, 5) is 16.5. The van der Waals surface area contributed by atoms with Crippen LogP contribution in [0.25, 0.3) is 0 Å². The third kappa shape index (κ3) is 3.79. The lowest BCUT2D eigenvalue weighted by Gasteiger charge is -2.11. The van der Waals surface area contributed by atoms with Crippen LogP contribution in [0.2, 0.25) is 15.1 Å². The normalized spacial score (nSPS) is 10.3. The van der Waals surface area contributed by atoms with Gasteiger partial charge in [0.05, 0.1) is 26.3 Å². The van der Waals surface area contributed by atoms with Crippen LogP contribution >= 0.6 is 34.8 Å². The largest absolute Gasteiger partial charge is 0.370 e. The number of hydrogen-bond acceptors (Lipinski definition) is 3. The first kappa shape index (κ1) is 15.9. The highest BCUT2D eigenvalue weighted by Crippen LogP contribution is 2.32. The van der Waals surface area contributed by atoms with Crippen LogP contribution in [0.4, 0.5) is 11.5 Å². The van der Waals surface area contributed by atoms with Gasteiger partial charge in [-0.1, -0.05) is 34.8 Å². The lowest BCUT2D eigenvalue weighted by Crippen LogP contribution is -2.16. The van der Waals surface area contributed by atoms with Crippen molar-refractivity contribution in [3.63, 3.8) is 0 Å². The number of nitrogens with zero attached hydrogens (tertiary/aromatic N) is 1. The number of pyridine rings is 1. The molecule has 1 amide bonds. The molecule has 0 spiro atoms. The van der Waals surface area contributed by atoms with Crippen molar-refractivity contribution < 1.29 is 4.79 Å². The van der Waals surface area contributed by atoms with Gasteiger partial charge in [-0.15, -0.1) is 0 Å². The third-order valence-electron chi connectivity index (χ3n) is 2.65. The van der Waals surface area contributed by atoms with E-state index in [0.717, 1.165) is 0 Å². The molecule has 0 fully saturated rings. The van der Waals surface area contributed by atoms with Crippen LogP contribution in [0.1, 0.15) is 17.3 Å². The number of amides is 1. The maximum absolute atomic E-state index is 12.3. The number of carbonyl (C=O) groups excluding carboxylic acids is 1. The van der Waals surface area contributed by atoms with E-state index < -0.39 is 0 Å². The molecule has 0 saturated heterocycles. The van der Waals surface area contributed by atoms with Crippen molar-refractivity contribution in [3.8, 4) is 0 Å². The van der Waals surface area contributed by atoms with Gasteiger partial charge < -0.3 is 10.6 Å². The molecule has 0 atom stereocenters. The first-order chi connectivity index (χ1) is 10.0. The standard InChI is InChI=1S/C14H12Cl3N3O/c1-2-18-13-8(4-3-5-19-13)14(21)20-12-7-10(16)9(15)6-11(12)17/h3-7H,2H2,1H3,(H,18,19)(H,20,21). The van der Waals surface area contributed by atoms with E-state index in [0.29, 0.717) is 38.7 Å². The zero-order valence-corrected chi connectivity index (χ0v) is 13.4. The van der Waals surface area contributed by atoms with Crippen LogP contribution in [0, 0.1) is 0 Å². The Labute approximate surface area is 137 Å². The number of carbonyl (C=O) groups is 1. The van der Waals surface area contributed by atoms with Crippen LogP contribution in [-0.4, -0.2) is 17.4 Å². The van der Waals surface area contributed by atoms with Crippen molar-refractivity contribution in [1.29, 1.82) is 0 Å². The molecule has 1 heterocycles. The molecule has 2 rings (SSSR count). The van der Waals surface area contributed by atoms with Crippen molar-refractivity contribution in [2.45, 2.75) is 6.92 Å². The van der Waals surface area contributed by atoms with Crippen LogP contribution in [0.3, 0.4) is 0 Å². The number of halogens is 3. The zero-order chi connectivity index (χ0) is 15.4. The van der Waals surface area contributed by atoms with Gasteiger partial charge in [-0.05, 0) is 31.2 Å². The predicted octanol–water partition coefficient (Wildman–Crippen LogP) is 4.73. The zero-order valence-electron chi connectivity index (χ0n) is 11.1. The Morgan fingerprint density at radius 3 is 2.62 bits per heavy atom. The molecule has 4 nitrogen and oxygen atoms in total. The van der Waals surface area contributed by atoms with Gasteiger partial charge in [-0.25, -0.2) is 4.98 Å². The van der Waals surface area contributed by atoms with Crippen molar-refractivity contribution in [2.24, 2.45) is 0 Å². The van der Waals surface area contributed by atoms with Crippen molar-refractivity contribution >= 4 is 52.2 Å². The highest BCUT2D eigenvalue weighted by Gasteiger charge is 2.14. The summed E-state index contributed by atoms with van der Waals surface area (Å²) in [6.07, 6.45) is 1.61. The molecule has 7 heteroatoms. The Balaban J connectivity index is 2.28. The molecule has 1 aromatic heterocycles. The Morgan fingerprint density at radius 1 is 1.19 bits per heavy atom. The second-order valence-corrected chi connectivity index (χ2v) is 5.35.